The molecule has 0 heterocycles. The van der Waals surface area contributed by atoms with Crippen LogP contribution in [0, 0.1) is 5.41 Å². The third-order valence-electron chi connectivity index (χ3n) is 2.19. The van der Waals surface area contributed by atoms with Gasteiger partial charge in [-0.1, -0.05) is 30.7 Å². The minimum absolute atomic E-state index is 0.175. The Hall–Kier alpha value is -1.05. The van der Waals surface area contributed by atoms with E-state index in [1.54, 1.807) is 0 Å². The van der Waals surface area contributed by atoms with E-state index in [0.29, 0.717) is 0 Å². The molecular weight excluding hydrogens is 152 g/mol. The molecule has 0 spiro atoms. The van der Waals surface area contributed by atoms with Crippen LogP contribution in [0.4, 0.5) is 0 Å². The highest BCUT2D eigenvalue weighted by Crippen LogP contribution is 2.32. The van der Waals surface area contributed by atoms with E-state index in [-0.39, 0.29) is 11.8 Å². The molecule has 0 aliphatic heterocycles. The Kier molecular flexibility index (Phi) is 2.36. The van der Waals surface area contributed by atoms with E-state index >= 15 is 0 Å². The summed E-state index contributed by atoms with van der Waals surface area (Å²) in [4.78, 5) is 10.5. The predicted octanol–water partition coefficient (Wildman–Crippen LogP) is 2.37. The van der Waals surface area contributed by atoms with E-state index in [9.17, 15) is 4.79 Å². The van der Waals surface area contributed by atoms with Crippen LogP contribution in [0.2, 0.25) is 0 Å². The van der Waals surface area contributed by atoms with Crippen molar-refractivity contribution in [1.29, 1.82) is 0 Å². The lowest BCUT2D eigenvalue weighted by Gasteiger charge is -2.25. The zero-order chi connectivity index (χ0) is 9.19. The predicted molar refractivity (Wildman–Crippen MR) is 47.9 cm³/mol. The van der Waals surface area contributed by atoms with Crippen LogP contribution in [0.1, 0.15) is 26.7 Å². The van der Waals surface area contributed by atoms with Gasteiger partial charge in [0.15, 0.2) is 0 Å². The average Bonchev–Trinajstić information content (AvgIpc) is 1.94. The molecule has 0 bridgehead atoms. The van der Waals surface area contributed by atoms with E-state index < -0.39 is 5.97 Å². The molecule has 0 amide bonds. The minimum atomic E-state index is -0.727. The summed E-state index contributed by atoms with van der Waals surface area (Å²) in [5.74, 6) is -0.727. The fraction of sp³-hybridized carbons (Fsp3) is 0.500. The van der Waals surface area contributed by atoms with Gasteiger partial charge in [0.05, 0.1) is 6.42 Å². The van der Waals surface area contributed by atoms with Gasteiger partial charge >= 0.3 is 5.97 Å². The Morgan fingerprint density at radius 3 is 2.83 bits per heavy atom. The molecule has 0 aromatic heterocycles. The second-order valence-electron chi connectivity index (χ2n) is 3.71. The number of carboxylic acids is 1. The van der Waals surface area contributed by atoms with Gasteiger partial charge in [-0.15, -0.1) is 0 Å². The minimum Gasteiger partial charge on any atom is -0.481 e. The van der Waals surface area contributed by atoms with E-state index in [2.05, 4.69) is 6.08 Å². The molecule has 0 aromatic rings. The molecule has 0 aromatic carbocycles. The van der Waals surface area contributed by atoms with E-state index in [1.807, 2.05) is 26.0 Å². The van der Waals surface area contributed by atoms with Crippen LogP contribution in [-0.4, -0.2) is 11.1 Å². The molecule has 66 valence electrons. The fourth-order valence-corrected chi connectivity index (χ4v) is 1.34. The Morgan fingerprint density at radius 1 is 1.75 bits per heavy atom. The average molecular weight is 166 g/mol. The molecule has 1 aliphatic carbocycles. The number of carbonyl (C=O) groups is 1. The zero-order valence-corrected chi connectivity index (χ0v) is 7.50. The number of aliphatic carboxylic acids is 1. The van der Waals surface area contributed by atoms with Crippen LogP contribution in [-0.2, 0) is 4.79 Å². The van der Waals surface area contributed by atoms with Crippen LogP contribution in [0.3, 0.4) is 0 Å². The first-order valence-electron chi connectivity index (χ1n) is 4.10. The van der Waals surface area contributed by atoms with Crippen LogP contribution in [0.15, 0.2) is 23.8 Å². The zero-order valence-electron chi connectivity index (χ0n) is 7.50. The lowest BCUT2D eigenvalue weighted by molar-refractivity contribution is -0.138. The molecule has 2 nitrogen and oxygen atoms in total. The third kappa shape index (κ3) is 2.22. The molecular formula is C10H14O2. The second-order valence-corrected chi connectivity index (χ2v) is 3.71. The number of hydrogen-bond acceptors (Lipinski definition) is 1. The van der Waals surface area contributed by atoms with Gasteiger partial charge in [0.2, 0.25) is 0 Å². The lowest BCUT2D eigenvalue weighted by Crippen LogP contribution is -2.19. The standard InChI is InChI=1S/C10H14O2/c1-8-3-5-10(2,6-4-8)7-9(11)12/h3-5H,6-7H2,1-2H3,(H,11,12). The molecule has 1 atom stereocenters. The molecule has 0 radical (unpaired) electrons. The SMILES string of the molecule is CC1=CCC(C)(CC(=O)O)C=C1. The van der Waals surface area contributed by atoms with Gasteiger partial charge in [0.1, 0.15) is 0 Å². The van der Waals surface area contributed by atoms with Crippen molar-refractivity contribution in [3.8, 4) is 0 Å². The summed E-state index contributed by atoms with van der Waals surface area (Å²) >= 11 is 0. The highest BCUT2D eigenvalue weighted by molar-refractivity contribution is 5.68. The van der Waals surface area contributed by atoms with Crippen LogP contribution >= 0.6 is 0 Å². The van der Waals surface area contributed by atoms with E-state index in [0.717, 1.165) is 6.42 Å². The molecule has 1 aliphatic rings. The number of allylic oxidation sites excluding steroid dienone is 4. The molecule has 1 unspecified atom stereocenters. The topological polar surface area (TPSA) is 37.3 Å². The molecule has 2 heteroatoms. The Bertz CT molecular complexity index is 251. The highest BCUT2D eigenvalue weighted by atomic mass is 16.4. The molecule has 0 saturated carbocycles. The summed E-state index contributed by atoms with van der Waals surface area (Å²) in [5.41, 5.74) is 1.04. The van der Waals surface area contributed by atoms with Crippen LogP contribution < -0.4 is 0 Å². The highest BCUT2D eigenvalue weighted by Gasteiger charge is 2.24. The largest absolute Gasteiger partial charge is 0.481 e. The fourth-order valence-electron chi connectivity index (χ4n) is 1.34. The summed E-state index contributed by atoms with van der Waals surface area (Å²) in [6.45, 7) is 4.00. The number of hydrogen-bond donors (Lipinski definition) is 1. The molecule has 0 saturated heterocycles. The van der Waals surface area contributed by atoms with E-state index in [4.69, 9.17) is 5.11 Å². The van der Waals surface area contributed by atoms with Crippen molar-refractivity contribution in [3.05, 3.63) is 23.8 Å². The normalized spacial score (nSPS) is 28.3. The Labute approximate surface area is 72.6 Å². The first kappa shape index (κ1) is 9.04. The lowest BCUT2D eigenvalue weighted by atomic mass is 9.79. The van der Waals surface area contributed by atoms with Gasteiger partial charge in [0.25, 0.3) is 0 Å². The summed E-state index contributed by atoms with van der Waals surface area (Å²) in [6, 6.07) is 0. The summed E-state index contributed by atoms with van der Waals surface area (Å²) in [5, 5.41) is 8.64. The van der Waals surface area contributed by atoms with Gasteiger partial charge in [0, 0.05) is 0 Å². The molecule has 0 fully saturated rings. The Morgan fingerprint density at radius 2 is 2.42 bits per heavy atom. The molecule has 1 N–H and O–H groups in total. The van der Waals surface area contributed by atoms with Gasteiger partial charge < -0.3 is 5.11 Å². The van der Waals surface area contributed by atoms with Crippen molar-refractivity contribution < 1.29 is 9.90 Å². The first-order chi connectivity index (χ1) is 5.52. The van der Waals surface area contributed by atoms with Crippen molar-refractivity contribution in [2.45, 2.75) is 26.7 Å². The second kappa shape index (κ2) is 3.13. The quantitative estimate of drug-likeness (QED) is 0.683. The number of rotatable bonds is 2. The van der Waals surface area contributed by atoms with Crippen LogP contribution in [0.25, 0.3) is 0 Å². The van der Waals surface area contributed by atoms with Crippen molar-refractivity contribution in [2.75, 3.05) is 0 Å². The first-order valence-corrected chi connectivity index (χ1v) is 4.10. The third-order valence-corrected chi connectivity index (χ3v) is 2.19. The van der Waals surface area contributed by atoms with Crippen LogP contribution in [0.5, 0.6) is 0 Å². The summed E-state index contributed by atoms with van der Waals surface area (Å²) < 4.78 is 0. The monoisotopic (exact) mass is 166 g/mol. The molecule has 12 heavy (non-hydrogen) atoms. The van der Waals surface area contributed by atoms with Gasteiger partial charge in [-0.3, -0.25) is 4.79 Å². The van der Waals surface area contributed by atoms with Crippen molar-refractivity contribution in [2.24, 2.45) is 5.41 Å². The van der Waals surface area contributed by atoms with E-state index in [1.165, 1.54) is 5.57 Å². The van der Waals surface area contributed by atoms with Gasteiger partial charge in [-0.05, 0) is 18.8 Å². The smallest absolute Gasteiger partial charge is 0.304 e. The maximum atomic E-state index is 10.5. The van der Waals surface area contributed by atoms with Crippen molar-refractivity contribution >= 4 is 5.97 Å². The summed E-state index contributed by atoms with van der Waals surface area (Å²) in [6.07, 6.45) is 7.13. The van der Waals surface area contributed by atoms with Crippen molar-refractivity contribution in [3.63, 3.8) is 0 Å². The van der Waals surface area contributed by atoms with Crippen molar-refractivity contribution in [1.82, 2.24) is 0 Å². The number of carboxylic acid groups (broad SMARTS) is 1. The maximum absolute atomic E-state index is 10.5. The Balaban J connectivity index is 2.65. The van der Waals surface area contributed by atoms with Gasteiger partial charge in [-0.2, -0.15) is 0 Å². The van der Waals surface area contributed by atoms with Gasteiger partial charge in [-0.25, -0.2) is 0 Å². The molecule has 1 rings (SSSR count). The maximum Gasteiger partial charge on any atom is 0.304 e. The summed E-state index contributed by atoms with van der Waals surface area (Å²) in [7, 11) is 0.